The number of benzene rings is 2. The number of rotatable bonds is 4. The number of hydrogen-bond donors (Lipinski definition) is 0. The smallest absolute Gasteiger partial charge is 0.253 e. The average Bonchev–Trinajstić information content (AvgIpc) is 2.88. The Bertz CT molecular complexity index is 695. The van der Waals surface area contributed by atoms with Crippen LogP contribution in [-0.4, -0.2) is 49.0 Å². The first-order valence-corrected chi connectivity index (χ1v) is 8.87. The van der Waals surface area contributed by atoms with Gasteiger partial charge < -0.3 is 9.64 Å². The molecule has 132 valence electrons. The molecule has 0 atom stereocenters. The van der Waals surface area contributed by atoms with Crippen LogP contribution in [0.25, 0.3) is 0 Å². The maximum absolute atomic E-state index is 12.7. The van der Waals surface area contributed by atoms with Crippen LogP contribution in [-0.2, 0) is 6.54 Å². The first-order valence-electron chi connectivity index (χ1n) is 8.87. The van der Waals surface area contributed by atoms with E-state index in [1.54, 1.807) is 7.11 Å². The van der Waals surface area contributed by atoms with Gasteiger partial charge in [-0.15, -0.1) is 0 Å². The Morgan fingerprint density at radius 2 is 1.68 bits per heavy atom. The van der Waals surface area contributed by atoms with Crippen LogP contribution in [0.3, 0.4) is 0 Å². The van der Waals surface area contributed by atoms with Gasteiger partial charge in [-0.05, 0) is 43.2 Å². The van der Waals surface area contributed by atoms with Crippen LogP contribution in [0.5, 0.6) is 5.75 Å². The predicted molar refractivity (Wildman–Crippen MR) is 100.0 cm³/mol. The summed E-state index contributed by atoms with van der Waals surface area (Å²) in [5.41, 5.74) is 3.24. The Morgan fingerprint density at radius 1 is 0.960 bits per heavy atom. The van der Waals surface area contributed by atoms with Crippen LogP contribution in [0, 0.1) is 6.92 Å². The topological polar surface area (TPSA) is 32.8 Å². The highest BCUT2D eigenvalue weighted by Gasteiger charge is 2.20. The van der Waals surface area contributed by atoms with Gasteiger partial charge in [-0.3, -0.25) is 9.69 Å². The summed E-state index contributed by atoms with van der Waals surface area (Å²) in [6, 6.07) is 16.1. The molecule has 0 saturated carbocycles. The Hall–Kier alpha value is -2.33. The van der Waals surface area contributed by atoms with E-state index in [2.05, 4.69) is 17.0 Å². The summed E-state index contributed by atoms with van der Waals surface area (Å²) in [5, 5.41) is 0. The fourth-order valence-corrected chi connectivity index (χ4v) is 3.20. The minimum Gasteiger partial charge on any atom is -0.497 e. The summed E-state index contributed by atoms with van der Waals surface area (Å²) in [6.07, 6.45) is 1.01. The molecule has 0 radical (unpaired) electrons. The van der Waals surface area contributed by atoms with Crippen LogP contribution in [0.15, 0.2) is 48.5 Å². The van der Waals surface area contributed by atoms with Gasteiger partial charge in [-0.25, -0.2) is 0 Å². The summed E-state index contributed by atoms with van der Waals surface area (Å²) in [5.74, 6) is 1.03. The summed E-state index contributed by atoms with van der Waals surface area (Å²) >= 11 is 0. The third kappa shape index (κ3) is 4.60. The molecule has 3 rings (SSSR count). The van der Waals surface area contributed by atoms with Crippen molar-refractivity contribution in [2.75, 3.05) is 33.3 Å². The molecule has 2 aromatic carbocycles. The van der Waals surface area contributed by atoms with E-state index in [-0.39, 0.29) is 5.91 Å². The number of nitrogens with zero attached hydrogens (tertiary/aromatic N) is 2. The van der Waals surface area contributed by atoms with Gasteiger partial charge in [-0.1, -0.05) is 29.8 Å². The number of ether oxygens (including phenoxy) is 1. The van der Waals surface area contributed by atoms with Gasteiger partial charge in [0.25, 0.3) is 5.91 Å². The molecule has 4 nitrogen and oxygen atoms in total. The Labute approximate surface area is 150 Å². The maximum Gasteiger partial charge on any atom is 0.253 e. The average molecular weight is 338 g/mol. The predicted octanol–water partition coefficient (Wildman–Crippen LogP) is 3.35. The lowest BCUT2D eigenvalue weighted by atomic mass is 10.1. The standard InChI is InChI=1S/C21H26N2O2/c1-17-4-8-19(9-5-17)21(24)23-13-3-12-22(14-15-23)16-18-6-10-20(25-2)11-7-18/h4-11H,3,12-16H2,1-2H3. The first-order chi connectivity index (χ1) is 12.2. The molecule has 0 spiro atoms. The number of aryl methyl sites for hydroxylation is 1. The zero-order valence-corrected chi connectivity index (χ0v) is 15.1. The molecule has 0 aromatic heterocycles. The van der Waals surface area contributed by atoms with Crippen molar-refractivity contribution in [2.45, 2.75) is 19.9 Å². The van der Waals surface area contributed by atoms with Crippen molar-refractivity contribution in [2.24, 2.45) is 0 Å². The minimum absolute atomic E-state index is 0.145. The number of methoxy groups -OCH3 is 1. The molecule has 1 saturated heterocycles. The SMILES string of the molecule is COc1ccc(CN2CCCN(C(=O)c3ccc(C)cc3)CC2)cc1. The lowest BCUT2D eigenvalue weighted by Crippen LogP contribution is -2.35. The van der Waals surface area contributed by atoms with Crippen LogP contribution < -0.4 is 4.74 Å². The highest BCUT2D eigenvalue weighted by Crippen LogP contribution is 2.15. The minimum atomic E-state index is 0.145. The van der Waals surface area contributed by atoms with E-state index >= 15 is 0 Å². The zero-order chi connectivity index (χ0) is 17.6. The van der Waals surface area contributed by atoms with E-state index < -0.39 is 0 Å². The van der Waals surface area contributed by atoms with Crippen molar-refractivity contribution in [3.8, 4) is 5.75 Å². The summed E-state index contributed by atoms with van der Waals surface area (Å²) in [7, 11) is 1.68. The van der Waals surface area contributed by atoms with E-state index in [9.17, 15) is 4.79 Å². The maximum atomic E-state index is 12.7. The number of hydrogen-bond acceptors (Lipinski definition) is 3. The highest BCUT2D eigenvalue weighted by molar-refractivity contribution is 5.94. The normalized spacial score (nSPS) is 15.7. The highest BCUT2D eigenvalue weighted by atomic mass is 16.5. The number of amides is 1. The largest absolute Gasteiger partial charge is 0.497 e. The number of carbonyl (C=O) groups is 1. The van der Waals surface area contributed by atoms with Gasteiger partial charge in [0.05, 0.1) is 7.11 Å². The molecule has 4 heteroatoms. The van der Waals surface area contributed by atoms with Gasteiger partial charge >= 0.3 is 0 Å². The molecule has 1 aliphatic heterocycles. The monoisotopic (exact) mass is 338 g/mol. The molecule has 2 aromatic rings. The Morgan fingerprint density at radius 3 is 2.36 bits per heavy atom. The molecule has 0 unspecified atom stereocenters. The third-order valence-electron chi connectivity index (χ3n) is 4.74. The second-order valence-corrected chi connectivity index (χ2v) is 6.64. The van der Waals surface area contributed by atoms with Crippen LogP contribution in [0.1, 0.15) is 27.9 Å². The van der Waals surface area contributed by atoms with E-state index in [1.807, 2.05) is 48.2 Å². The Balaban J connectivity index is 1.57. The van der Waals surface area contributed by atoms with Crippen molar-refractivity contribution in [1.29, 1.82) is 0 Å². The van der Waals surface area contributed by atoms with Gasteiger partial charge in [0.15, 0.2) is 0 Å². The van der Waals surface area contributed by atoms with Crippen molar-refractivity contribution in [3.63, 3.8) is 0 Å². The fraction of sp³-hybridized carbons (Fsp3) is 0.381. The van der Waals surface area contributed by atoms with Crippen molar-refractivity contribution >= 4 is 5.91 Å². The van der Waals surface area contributed by atoms with E-state index in [4.69, 9.17) is 4.74 Å². The second kappa shape index (κ2) is 8.17. The van der Waals surface area contributed by atoms with Crippen molar-refractivity contribution in [1.82, 2.24) is 9.80 Å². The molecule has 0 N–H and O–H groups in total. The number of carbonyl (C=O) groups excluding carboxylic acids is 1. The first kappa shape index (κ1) is 17.5. The van der Waals surface area contributed by atoms with Gasteiger partial charge in [-0.2, -0.15) is 0 Å². The summed E-state index contributed by atoms with van der Waals surface area (Å²) in [6.45, 7) is 6.48. The summed E-state index contributed by atoms with van der Waals surface area (Å²) < 4.78 is 5.21. The lowest BCUT2D eigenvalue weighted by molar-refractivity contribution is 0.0761. The molecule has 0 bridgehead atoms. The molecule has 1 aliphatic rings. The third-order valence-corrected chi connectivity index (χ3v) is 4.74. The van der Waals surface area contributed by atoms with Gasteiger partial charge in [0.2, 0.25) is 0 Å². The molecule has 1 fully saturated rings. The lowest BCUT2D eigenvalue weighted by Gasteiger charge is -2.22. The second-order valence-electron chi connectivity index (χ2n) is 6.64. The van der Waals surface area contributed by atoms with Crippen LogP contribution in [0.2, 0.25) is 0 Å². The summed E-state index contributed by atoms with van der Waals surface area (Å²) in [4.78, 5) is 17.1. The molecule has 1 heterocycles. The van der Waals surface area contributed by atoms with E-state index in [1.165, 1.54) is 11.1 Å². The molecule has 25 heavy (non-hydrogen) atoms. The van der Waals surface area contributed by atoms with E-state index in [0.717, 1.165) is 50.5 Å². The quantitative estimate of drug-likeness (QED) is 0.857. The van der Waals surface area contributed by atoms with Gasteiger partial charge in [0.1, 0.15) is 5.75 Å². The van der Waals surface area contributed by atoms with Crippen molar-refractivity contribution < 1.29 is 9.53 Å². The molecule has 0 aliphatic carbocycles. The Kier molecular flexibility index (Phi) is 5.71. The molecule has 1 amide bonds. The van der Waals surface area contributed by atoms with Crippen LogP contribution in [0.4, 0.5) is 0 Å². The fourth-order valence-electron chi connectivity index (χ4n) is 3.20. The molecular weight excluding hydrogens is 312 g/mol. The van der Waals surface area contributed by atoms with E-state index in [0.29, 0.717) is 0 Å². The van der Waals surface area contributed by atoms with Gasteiger partial charge in [0, 0.05) is 38.3 Å². The van der Waals surface area contributed by atoms with Crippen molar-refractivity contribution in [3.05, 3.63) is 65.2 Å². The van der Waals surface area contributed by atoms with Crippen LogP contribution >= 0.6 is 0 Å². The molecular formula is C21H26N2O2. The zero-order valence-electron chi connectivity index (χ0n) is 15.1.